The van der Waals surface area contributed by atoms with Crippen LogP contribution in [-0.4, -0.2) is 12.1 Å². The van der Waals surface area contributed by atoms with Gasteiger partial charge in [0.05, 0.1) is 3.79 Å². The Bertz CT molecular complexity index is 339. The average molecular weight is 261 g/mol. The summed E-state index contributed by atoms with van der Waals surface area (Å²) in [7, 11) is 0. The van der Waals surface area contributed by atoms with Crippen LogP contribution in [0.1, 0.15) is 17.2 Å². The maximum atomic E-state index is 10.5. The van der Waals surface area contributed by atoms with Gasteiger partial charge < -0.3 is 11.1 Å². The van der Waals surface area contributed by atoms with Gasteiger partial charge in [0, 0.05) is 16.8 Å². The number of nitrogens with two attached hydrogens (primary N) is 1. The molecule has 1 aliphatic carbocycles. The smallest absolute Gasteiger partial charge is 0.312 e. The molecule has 1 fully saturated rings. The second kappa shape index (κ2) is 3.31. The number of urea groups is 1. The number of nitrogens with one attached hydrogen (secondary N) is 1. The van der Waals surface area contributed by atoms with Gasteiger partial charge in [-0.05, 0) is 34.5 Å². The zero-order chi connectivity index (χ0) is 9.42. The molecule has 0 aliphatic heterocycles. The first-order valence-electron chi connectivity index (χ1n) is 3.98. The topological polar surface area (TPSA) is 55.1 Å². The van der Waals surface area contributed by atoms with Crippen LogP contribution in [0.4, 0.5) is 4.79 Å². The van der Waals surface area contributed by atoms with E-state index in [0.717, 1.165) is 10.2 Å². The minimum absolute atomic E-state index is 0.253. The predicted octanol–water partition coefficient (Wildman–Crippen LogP) is 2.03. The van der Waals surface area contributed by atoms with E-state index < -0.39 is 6.03 Å². The van der Waals surface area contributed by atoms with Crippen LogP contribution in [0.3, 0.4) is 0 Å². The zero-order valence-electron chi connectivity index (χ0n) is 6.79. The van der Waals surface area contributed by atoms with Crippen molar-refractivity contribution in [2.45, 2.75) is 18.4 Å². The molecular formula is C8H9BrN2OS. The fourth-order valence-corrected chi connectivity index (χ4v) is 2.98. The highest BCUT2D eigenvalue weighted by atomic mass is 79.9. The first-order valence-corrected chi connectivity index (χ1v) is 5.59. The number of hydrogen-bond donors (Lipinski definition) is 2. The minimum atomic E-state index is -0.428. The van der Waals surface area contributed by atoms with Crippen molar-refractivity contribution in [1.82, 2.24) is 5.32 Å². The molecule has 1 aliphatic rings. The van der Waals surface area contributed by atoms with Gasteiger partial charge in [0.1, 0.15) is 0 Å². The number of carbonyl (C=O) groups is 1. The molecule has 0 radical (unpaired) electrons. The van der Waals surface area contributed by atoms with Gasteiger partial charge in [0.15, 0.2) is 0 Å². The fourth-order valence-electron chi connectivity index (χ4n) is 1.38. The van der Waals surface area contributed by atoms with Crippen molar-refractivity contribution in [3.8, 4) is 0 Å². The molecule has 3 N–H and O–H groups in total. The van der Waals surface area contributed by atoms with E-state index in [4.69, 9.17) is 5.73 Å². The van der Waals surface area contributed by atoms with Crippen molar-refractivity contribution in [2.24, 2.45) is 5.73 Å². The first kappa shape index (κ1) is 9.02. The molecule has 0 aromatic carbocycles. The van der Waals surface area contributed by atoms with Crippen molar-refractivity contribution < 1.29 is 4.79 Å². The lowest BCUT2D eigenvalue weighted by Gasteiger charge is -1.97. The largest absolute Gasteiger partial charge is 0.352 e. The van der Waals surface area contributed by atoms with E-state index in [-0.39, 0.29) is 6.04 Å². The molecule has 2 atom stereocenters. The van der Waals surface area contributed by atoms with Gasteiger partial charge >= 0.3 is 6.03 Å². The second-order valence-corrected chi connectivity index (χ2v) is 5.59. The van der Waals surface area contributed by atoms with E-state index in [2.05, 4.69) is 27.3 Å². The molecule has 1 aromatic rings. The number of rotatable bonds is 2. The molecule has 5 heteroatoms. The Morgan fingerprint density at radius 2 is 2.46 bits per heavy atom. The molecule has 0 unspecified atom stereocenters. The Hall–Kier alpha value is -0.550. The fraction of sp³-hybridized carbons (Fsp3) is 0.375. The normalized spacial score (nSPS) is 25.6. The Morgan fingerprint density at radius 3 is 3.00 bits per heavy atom. The molecule has 0 bridgehead atoms. The Kier molecular flexibility index (Phi) is 2.29. The summed E-state index contributed by atoms with van der Waals surface area (Å²) in [4.78, 5) is 11.8. The molecule has 3 nitrogen and oxygen atoms in total. The monoisotopic (exact) mass is 260 g/mol. The lowest BCUT2D eigenvalue weighted by Crippen LogP contribution is -2.31. The number of thiophene rings is 1. The number of amides is 2. The molecule has 0 saturated heterocycles. The van der Waals surface area contributed by atoms with E-state index in [0.29, 0.717) is 5.92 Å². The molecule has 0 spiro atoms. The van der Waals surface area contributed by atoms with Crippen LogP contribution in [0.2, 0.25) is 0 Å². The van der Waals surface area contributed by atoms with E-state index in [9.17, 15) is 4.79 Å². The average Bonchev–Trinajstić information content (AvgIpc) is 2.63. The van der Waals surface area contributed by atoms with Crippen molar-refractivity contribution in [2.75, 3.05) is 0 Å². The van der Waals surface area contributed by atoms with Gasteiger partial charge in [-0.15, -0.1) is 11.3 Å². The van der Waals surface area contributed by atoms with Crippen LogP contribution in [0.25, 0.3) is 0 Å². The minimum Gasteiger partial charge on any atom is -0.352 e. The van der Waals surface area contributed by atoms with Crippen molar-refractivity contribution >= 4 is 33.3 Å². The number of carbonyl (C=O) groups excluding carboxylic acids is 1. The summed E-state index contributed by atoms with van der Waals surface area (Å²) in [6.07, 6.45) is 1.01. The highest BCUT2D eigenvalue weighted by Gasteiger charge is 2.40. The second-order valence-electron chi connectivity index (χ2n) is 3.10. The summed E-state index contributed by atoms with van der Waals surface area (Å²) in [6.45, 7) is 0. The zero-order valence-corrected chi connectivity index (χ0v) is 9.19. The van der Waals surface area contributed by atoms with Crippen LogP contribution < -0.4 is 11.1 Å². The standard InChI is InChI=1S/C8H9BrN2OS/c9-7-2-1-6(13-7)4-3-5(4)11-8(10)12/h1-2,4-5H,3H2,(H3,10,11,12)/t4-,5-/m1/s1. The summed E-state index contributed by atoms with van der Waals surface area (Å²) in [6, 6.07) is 3.94. The third-order valence-electron chi connectivity index (χ3n) is 2.08. The van der Waals surface area contributed by atoms with E-state index in [1.165, 1.54) is 4.88 Å². The summed E-state index contributed by atoms with van der Waals surface area (Å²) in [5.74, 6) is 0.476. The van der Waals surface area contributed by atoms with E-state index in [1.54, 1.807) is 11.3 Å². The molecule has 1 aromatic heterocycles. The van der Waals surface area contributed by atoms with Crippen molar-refractivity contribution in [3.05, 3.63) is 20.8 Å². The quantitative estimate of drug-likeness (QED) is 0.840. The summed E-state index contributed by atoms with van der Waals surface area (Å²) >= 11 is 5.12. The SMILES string of the molecule is NC(=O)N[C@@H]1C[C@H]1c1ccc(Br)s1. The van der Waals surface area contributed by atoms with Crippen LogP contribution in [0, 0.1) is 0 Å². The maximum Gasteiger partial charge on any atom is 0.312 e. The molecule has 13 heavy (non-hydrogen) atoms. The van der Waals surface area contributed by atoms with E-state index >= 15 is 0 Å². The Labute approximate surface area is 88.4 Å². The molecule has 2 amide bonds. The highest BCUT2D eigenvalue weighted by Crippen LogP contribution is 2.44. The van der Waals surface area contributed by atoms with E-state index in [1.807, 2.05) is 6.07 Å². The van der Waals surface area contributed by atoms with Gasteiger partial charge in [-0.3, -0.25) is 0 Å². The predicted molar refractivity (Wildman–Crippen MR) is 55.9 cm³/mol. The number of primary amides is 1. The van der Waals surface area contributed by atoms with Crippen molar-refractivity contribution in [3.63, 3.8) is 0 Å². The third kappa shape index (κ3) is 2.03. The van der Waals surface area contributed by atoms with Crippen LogP contribution in [0.5, 0.6) is 0 Å². The summed E-state index contributed by atoms with van der Waals surface area (Å²) < 4.78 is 1.13. The lowest BCUT2D eigenvalue weighted by atomic mass is 10.3. The van der Waals surface area contributed by atoms with Crippen molar-refractivity contribution in [1.29, 1.82) is 0 Å². The molecule has 70 valence electrons. The summed E-state index contributed by atoms with van der Waals surface area (Å²) in [5, 5.41) is 2.70. The molecule has 2 rings (SSSR count). The third-order valence-corrected chi connectivity index (χ3v) is 3.83. The van der Waals surface area contributed by atoms with Crippen LogP contribution >= 0.6 is 27.3 Å². The van der Waals surface area contributed by atoms with Gasteiger partial charge in [-0.25, -0.2) is 4.79 Å². The van der Waals surface area contributed by atoms with Gasteiger partial charge in [-0.2, -0.15) is 0 Å². The molecule has 1 heterocycles. The lowest BCUT2D eigenvalue weighted by molar-refractivity contribution is 0.248. The van der Waals surface area contributed by atoms with Gasteiger partial charge in [0.2, 0.25) is 0 Å². The van der Waals surface area contributed by atoms with Gasteiger partial charge in [-0.1, -0.05) is 0 Å². The number of hydrogen-bond acceptors (Lipinski definition) is 2. The van der Waals surface area contributed by atoms with Gasteiger partial charge in [0.25, 0.3) is 0 Å². The first-order chi connectivity index (χ1) is 6.16. The molecule has 1 saturated carbocycles. The van der Waals surface area contributed by atoms with Crippen LogP contribution in [-0.2, 0) is 0 Å². The summed E-state index contributed by atoms with van der Waals surface area (Å²) in [5.41, 5.74) is 5.02. The Balaban J connectivity index is 1.96. The Morgan fingerprint density at radius 1 is 1.69 bits per heavy atom. The maximum absolute atomic E-state index is 10.5. The van der Waals surface area contributed by atoms with Crippen LogP contribution in [0.15, 0.2) is 15.9 Å². The molecular weight excluding hydrogens is 252 g/mol. The highest BCUT2D eigenvalue weighted by molar-refractivity contribution is 9.11. The number of halogens is 1.